The molecule has 17 heavy (non-hydrogen) atoms. The van der Waals surface area contributed by atoms with Gasteiger partial charge in [0.15, 0.2) is 0 Å². The normalized spacial score (nSPS) is 14.8. The summed E-state index contributed by atoms with van der Waals surface area (Å²) < 4.78 is 4.94. The Balaban J connectivity index is 2.25. The van der Waals surface area contributed by atoms with E-state index < -0.39 is 5.60 Å². The van der Waals surface area contributed by atoms with Crippen LogP contribution in [0.3, 0.4) is 0 Å². The molecule has 1 heterocycles. The molecule has 98 valence electrons. The molecule has 0 saturated heterocycles. The molecule has 0 amide bonds. The third-order valence-electron chi connectivity index (χ3n) is 2.52. The van der Waals surface area contributed by atoms with E-state index in [1.54, 1.807) is 18.4 Å². The first-order chi connectivity index (χ1) is 8.03. The summed E-state index contributed by atoms with van der Waals surface area (Å²) in [4.78, 5) is 4.37. The maximum Gasteiger partial charge on any atom is 0.0956 e. The number of aliphatic hydroxyl groups is 1. The van der Waals surface area contributed by atoms with Crippen LogP contribution in [0.15, 0.2) is 5.38 Å². The molecule has 0 saturated carbocycles. The van der Waals surface area contributed by atoms with Crippen LogP contribution in [0.2, 0.25) is 0 Å². The lowest BCUT2D eigenvalue weighted by molar-refractivity contribution is 0.0510. The van der Waals surface area contributed by atoms with E-state index in [4.69, 9.17) is 4.74 Å². The van der Waals surface area contributed by atoms with E-state index in [1.165, 1.54) is 0 Å². The fraction of sp³-hybridized carbons (Fsp3) is 0.750. The molecule has 0 fully saturated rings. The molecule has 0 aliphatic heterocycles. The van der Waals surface area contributed by atoms with Crippen LogP contribution in [-0.4, -0.2) is 42.5 Å². The Morgan fingerprint density at radius 1 is 1.53 bits per heavy atom. The van der Waals surface area contributed by atoms with Crippen LogP contribution < -0.4 is 5.32 Å². The predicted molar refractivity (Wildman–Crippen MR) is 70.5 cm³/mol. The van der Waals surface area contributed by atoms with Crippen LogP contribution in [0.5, 0.6) is 0 Å². The number of hydrogen-bond acceptors (Lipinski definition) is 5. The van der Waals surface area contributed by atoms with Crippen LogP contribution in [0.4, 0.5) is 0 Å². The van der Waals surface area contributed by atoms with Gasteiger partial charge in [0.05, 0.1) is 17.2 Å². The minimum atomic E-state index is -0.690. The number of aryl methyl sites for hydroxylation is 1. The van der Waals surface area contributed by atoms with E-state index in [-0.39, 0.29) is 0 Å². The summed E-state index contributed by atoms with van der Waals surface area (Å²) in [6.07, 6.45) is 1.34. The van der Waals surface area contributed by atoms with Gasteiger partial charge in [0, 0.05) is 31.1 Å². The van der Waals surface area contributed by atoms with Gasteiger partial charge in [-0.2, -0.15) is 0 Å². The number of methoxy groups -OCH3 is 1. The molecule has 4 nitrogen and oxygen atoms in total. The lowest BCUT2D eigenvalue weighted by Gasteiger charge is -2.22. The van der Waals surface area contributed by atoms with E-state index in [0.29, 0.717) is 13.0 Å². The highest BCUT2D eigenvalue weighted by Crippen LogP contribution is 2.19. The number of ether oxygens (including phenoxy) is 1. The number of hydrogen-bond donors (Lipinski definition) is 2. The molecular weight excluding hydrogens is 236 g/mol. The summed E-state index contributed by atoms with van der Waals surface area (Å²) in [6, 6.07) is 0. The molecule has 5 heteroatoms. The minimum Gasteiger partial charge on any atom is -0.390 e. The van der Waals surface area contributed by atoms with E-state index in [2.05, 4.69) is 10.3 Å². The summed E-state index contributed by atoms with van der Waals surface area (Å²) >= 11 is 1.61. The number of nitrogens with one attached hydrogen (secondary N) is 1. The maximum atomic E-state index is 10.2. The summed E-state index contributed by atoms with van der Waals surface area (Å²) in [5, 5.41) is 16.5. The van der Waals surface area contributed by atoms with Crippen LogP contribution in [0.1, 0.15) is 24.0 Å². The first kappa shape index (κ1) is 14.6. The Morgan fingerprint density at radius 2 is 2.29 bits per heavy atom. The van der Waals surface area contributed by atoms with Crippen molar-refractivity contribution in [1.82, 2.24) is 10.3 Å². The first-order valence-corrected chi connectivity index (χ1v) is 6.74. The van der Waals surface area contributed by atoms with Crippen molar-refractivity contribution in [3.63, 3.8) is 0 Å². The van der Waals surface area contributed by atoms with Crippen molar-refractivity contribution in [1.29, 1.82) is 0 Å². The van der Waals surface area contributed by atoms with Gasteiger partial charge in [-0.05, 0) is 26.8 Å². The number of thiazole rings is 1. The van der Waals surface area contributed by atoms with Crippen molar-refractivity contribution >= 4 is 11.3 Å². The molecule has 1 aromatic rings. The fourth-order valence-corrected chi connectivity index (χ4v) is 2.51. The van der Waals surface area contributed by atoms with E-state index in [9.17, 15) is 5.11 Å². The highest BCUT2D eigenvalue weighted by molar-refractivity contribution is 7.09. The summed E-state index contributed by atoms with van der Waals surface area (Å²) in [5.41, 5.74) is 0.337. The lowest BCUT2D eigenvalue weighted by atomic mass is 9.98. The molecule has 1 rings (SSSR count). The molecule has 0 aliphatic rings. The van der Waals surface area contributed by atoms with Gasteiger partial charge in [0.1, 0.15) is 0 Å². The quantitative estimate of drug-likeness (QED) is 0.692. The van der Waals surface area contributed by atoms with Crippen molar-refractivity contribution in [2.24, 2.45) is 0 Å². The Kier molecular flexibility index (Phi) is 6.05. The van der Waals surface area contributed by atoms with Crippen molar-refractivity contribution in [3.05, 3.63) is 16.1 Å². The Hall–Kier alpha value is -0.490. The first-order valence-electron chi connectivity index (χ1n) is 5.86. The third kappa shape index (κ3) is 6.12. The van der Waals surface area contributed by atoms with Gasteiger partial charge < -0.3 is 15.2 Å². The number of rotatable bonds is 8. The van der Waals surface area contributed by atoms with Crippen molar-refractivity contribution in [2.75, 3.05) is 26.8 Å². The van der Waals surface area contributed by atoms with Crippen molar-refractivity contribution < 1.29 is 9.84 Å². The largest absolute Gasteiger partial charge is 0.390 e. The summed E-state index contributed by atoms with van der Waals surface area (Å²) in [7, 11) is 1.68. The molecule has 1 unspecified atom stereocenters. The summed E-state index contributed by atoms with van der Waals surface area (Å²) in [5.74, 6) is 0. The van der Waals surface area contributed by atoms with Crippen LogP contribution in [-0.2, 0) is 11.2 Å². The smallest absolute Gasteiger partial charge is 0.0956 e. The predicted octanol–water partition coefficient (Wildman–Crippen LogP) is 1.37. The minimum absolute atomic E-state index is 0.622. The second-order valence-electron chi connectivity index (χ2n) is 4.55. The van der Waals surface area contributed by atoms with Gasteiger partial charge in [-0.1, -0.05) is 0 Å². The van der Waals surface area contributed by atoms with Crippen LogP contribution in [0.25, 0.3) is 0 Å². The van der Waals surface area contributed by atoms with E-state index in [0.717, 1.165) is 30.2 Å². The molecule has 0 aliphatic carbocycles. The molecule has 0 spiro atoms. The third-order valence-corrected chi connectivity index (χ3v) is 3.49. The second-order valence-corrected chi connectivity index (χ2v) is 5.49. The fourth-order valence-electron chi connectivity index (χ4n) is 1.55. The van der Waals surface area contributed by atoms with Gasteiger partial charge in [0.2, 0.25) is 0 Å². The van der Waals surface area contributed by atoms with Crippen molar-refractivity contribution in [3.8, 4) is 0 Å². The monoisotopic (exact) mass is 258 g/mol. The maximum absolute atomic E-state index is 10.2. The van der Waals surface area contributed by atoms with Crippen LogP contribution in [0, 0.1) is 6.92 Å². The standard InChI is InChI=1S/C12H22N2O2S/c1-10-9-17-11(14-10)8-12(2,15)4-5-13-6-7-16-3/h9,13,15H,4-8H2,1-3H3. The lowest BCUT2D eigenvalue weighted by Crippen LogP contribution is -2.33. The molecule has 0 radical (unpaired) electrons. The highest BCUT2D eigenvalue weighted by Gasteiger charge is 2.21. The second kappa shape index (κ2) is 7.06. The van der Waals surface area contributed by atoms with Crippen LogP contribution >= 0.6 is 11.3 Å². The molecular formula is C12H22N2O2S. The van der Waals surface area contributed by atoms with Gasteiger partial charge >= 0.3 is 0 Å². The Morgan fingerprint density at radius 3 is 2.88 bits per heavy atom. The average molecular weight is 258 g/mol. The van der Waals surface area contributed by atoms with Gasteiger partial charge in [-0.3, -0.25) is 0 Å². The zero-order chi connectivity index (χ0) is 12.7. The van der Waals surface area contributed by atoms with Gasteiger partial charge in [0.25, 0.3) is 0 Å². The van der Waals surface area contributed by atoms with E-state index >= 15 is 0 Å². The average Bonchev–Trinajstić information content (AvgIpc) is 2.62. The zero-order valence-electron chi connectivity index (χ0n) is 10.8. The molecule has 0 bridgehead atoms. The number of aromatic nitrogens is 1. The van der Waals surface area contributed by atoms with Crippen molar-refractivity contribution in [2.45, 2.75) is 32.3 Å². The summed E-state index contributed by atoms with van der Waals surface area (Å²) in [6.45, 7) is 6.15. The SMILES string of the molecule is COCCNCCC(C)(O)Cc1nc(C)cs1. The molecule has 2 N–H and O–H groups in total. The zero-order valence-corrected chi connectivity index (χ0v) is 11.6. The number of nitrogens with zero attached hydrogens (tertiary/aromatic N) is 1. The van der Waals surface area contributed by atoms with Gasteiger partial charge in [-0.15, -0.1) is 11.3 Å². The topological polar surface area (TPSA) is 54.4 Å². The highest BCUT2D eigenvalue weighted by atomic mass is 32.1. The molecule has 1 aromatic heterocycles. The van der Waals surface area contributed by atoms with E-state index in [1.807, 2.05) is 19.2 Å². The van der Waals surface area contributed by atoms with Gasteiger partial charge in [-0.25, -0.2) is 4.98 Å². The molecule has 1 atom stereocenters. The molecule has 0 aromatic carbocycles. The Labute approximate surface area is 107 Å². The Bertz CT molecular complexity index is 326.